The summed E-state index contributed by atoms with van der Waals surface area (Å²) in [7, 11) is 0. The lowest BCUT2D eigenvalue weighted by Gasteiger charge is -2.19. The Labute approximate surface area is 218 Å². The molecule has 0 saturated heterocycles. The summed E-state index contributed by atoms with van der Waals surface area (Å²) in [6.45, 7) is 7.34. The van der Waals surface area contributed by atoms with Gasteiger partial charge < -0.3 is 4.74 Å². The van der Waals surface area contributed by atoms with Crippen molar-refractivity contribution in [3.8, 4) is 28.4 Å². The number of nitrogens with zero attached hydrogens (tertiary/aromatic N) is 3. The molecule has 0 radical (unpaired) electrons. The van der Waals surface area contributed by atoms with Gasteiger partial charge >= 0.3 is 11.4 Å². The number of H-pyrrole nitrogens is 1. The van der Waals surface area contributed by atoms with Crippen molar-refractivity contribution >= 4 is 5.78 Å². The lowest BCUT2D eigenvalue weighted by Crippen LogP contribution is -2.43. The Balaban J connectivity index is 1.69. The van der Waals surface area contributed by atoms with Crippen LogP contribution in [-0.2, 0) is 17.9 Å². The molecule has 0 unspecified atom stereocenters. The highest BCUT2D eigenvalue weighted by atomic mass is 16.5. The number of aromatic nitrogens is 4. The zero-order valence-electron chi connectivity index (χ0n) is 21.8. The van der Waals surface area contributed by atoms with Gasteiger partial charge in [0.2, 0.25) is 5.88 Å². The average molecular weight is 519 g/mol. The van der Waals surface area contributed by atoms with E-state index in [1.807, 2.05) is 55.5 Å². The first-order valence-corrected chi connectivity index (χ1v) is 12.3. The van der Waals surface area contributed by atoms with Crippen LogP contribution in [0.2, 0.25) is 0 Å². The standard InChI is InChI=1S/C28H30N4O6/c1-5-14-37-24-15-23(34)31(17-22(33)28(2,3)4)27(36)32(24)16-18-10-12-19(13-11-18)20-8-6-7-9-21(20)25-29-26(35)38-30-25/h6-13,15H,5,14,16-17H2,1-4H3,(H,29,30,35). The van der Waals surface area contributed by atoms with Crippen LogP contribution in [0.4, 0.5) is 0 Å². The molecule has 0 aliphatic carbocycles. The van der Waals surface area contributed by atoms with Gasteiger partial charge in [0.15, 0.2) is 11.6 Å². The molecule has 2 aromatic heterocycles. The maximum atomic E-state index is 13.4. The van der Waals surface area contributed by atoms with Crippen molar-refractivity contribution in [3.63, 3.8) is 0 Å². The first-order valence-electron chi connectivity index (χ1n) is 12.3. The number of hydrogen-bond donors (Lipinski definition) is 1. The highest BCUT2D eigenvalue weighted by Crippen LogP contribution is 2.30. The van der Waals surface area contributed by atoms with Gasteiger partial charge in [-0.2, -0.15) is 0 Å². The fraction of sp³-hybridized carbons (Fsp3) is 0.321. The van der Waals surface area contributed by atoms with Gasteiger partial charge in [-0.3, -0.25) is 28.2 Å². The summed E-state index contributed by atoms with van der Waals surface area (Å²) in [5, 5.41) is 3.79. The molecule has 0 spiro atoms. The molecule has 10 heteroatoms. The minimum Gasteiger partial charge on any atom is -0.479 e. The van der Waals surface area contributed by atoms with E-state index in [0.717, 1.165) is 21.3 Å². The van der Waals surface area contributed by atoms with E-state index in [-0.39, 0.29) is 24.8 Å². The Morgan fingerprint density at radius 3 is 2.29 bits per heavy atom. The summed E-state index contributed by atoms with van der Waals surface area (Å²) in [6, 6.07) is 16.2. The van der Waals surface area contributed by atoms with Crippen LogP contribution in [0.3, 0.4) is 0 Å². The Morgan fingerprint density at radius 2 is 1.68 bits per heavy atom. The number of benzene rings is 2. The van der Waals surface area contributed by atoms with E-state index in [1.165, 1.54) is 10.6 Å². The van der Waals surface area contributed by atoms with Gasteiger partial charge in [0.1, 0.15) is 0 Å². The predicted molar refractivity (Wildman–Crippen MR) is 142 cm³/mol. The lowest BCUT2D eigenvalue weighted by molar-refractivity contribution is -0.127. The van der Waals surface area contributed by atoms with Crippen molar-refractivity contribution < 1.29 is 14.1 Å². The SMILES string of the molecule is CCCOc1cc(=O)n(CC(=O)C(C)(C)C)c(=O)n1Cc1ccc(-c2ccccc2-c2noc(=O)[nH]2)cc1. The normalized spacial score (nSPS) is 11.5. The lowest BCUT2D eigenvalue weighted by atomic mass is 9.91. The second-order valence-electron chi connectivity index (χ2n) is 9.98. The van der Waals surface area contributed by atoms with Crippen molar-refractivity contribution in [2.75, 3.05) is 6.61 Å². The number of aromatic amines is 1. The van der Waals surface area contributed by atoms with Gasteiger partial charge in [0, 0.05) is 11.0 Å². The van der Waals surface area contributed by atoms with E-state index in [1.54, 1.807) is 20.8 Å². The third-order valence-corrected chi connectivity index (χ3v) is 6.06. The molecule has 0 saturated carbocycles. The molecule has 0 bridgehead atoms. The Morgan fingerprint density at radius 1 is 1.00 bits per heavy atom. The number of rotatable bonds is 9. The van der Waals surface area contributed by atoms with E-state index >= 15 is 0 Å². The number of Topliss-reactive ketones (excluding diaryl/α,β-unsaturated/α-hetero) is 1. The minimum atomic E-state index is -0.695. The van der Waals surface area contributed by atoms with Crippen molar-refractivity contribution in [1.29, 1.82) is 0 Å². The number of nitrogens with one attached hydrogen (secondary N) is 1. The van der Waals surface area contributed by atoms with Gasteiger partial charge in [0.25, 0.3) is 5.56 Å². The first-order chi connectivity index (χ1) is 18.1. The van der Waals surface area contributed by atoms with Crippen LogP contribution in [0, 0.1) is 5.41 Å². The van der Waals surface area contributed by atoms with Crippen molar-refractivity contribution in [1.82, 2.24) is 19.3 Å². The molecule has 0 aliphatic heterocycles. The average Bonchev–Trinajstić information content (AvgIpc) is 3.33. The number of ketones is 1. The highest BCUT2D eigenvalue weighted by Gasteiger charge is 2.24. The van der Waals surface area contributed by atoms with Crippen LogP contribution < -0.4 is 21.7 Å². The number of carbonyl (C=O) groups is 1. The van der Waals surface area contributed by atoms with Crippen LogP contribution >= 0.6 is 0 Å². The summed E-state index contributed by atoms with van der Waals surface area (Å²) < 4.78 is 12.7. The second-order valence-corrected chi connectivity index (χ2v) is 9.98. The molecule has 38 heavy (non-hydrogen) atoms. The molecule has 1 N–H and O–H groups in total. The maximum Gasteiger partial charge on any atom is 0.439 e. The summed E-state index contributed by atoms with van der Waals surface area (Å²) >= 11 is 0. The van der Waals surface area contributed by atoms with Gasteiger partial charge in [0.05, 0.1) is 25.8 Å². The number of hydrogen-bond acceptors (Lipinski definition) is 7. The molecule has 0 atom stereocenters. The Bertz CT molecular complexity index is 1620. The van der Waals surface area contributed by atoms with Crippen molar-refractivity contribution in [2.24, 2.45) is 5.41 Å². The van der Waals surface area contributed by atoms with Gasteiger partial charge in [-0.25, -0.2) is 9.59 Å². The summed E-state index contributed by atoms with van der Waals surface area (Å²) in [5.41, 5.74) is 1.31. The minimum absolute atomic E-state index is 0.139. The zero-order chi connectivity index (χ0) is 27.4. The molecule has 0 aliphatic rings. The quantitative estimate of drug-likeness (QED) is 0.359. The van der Waals surface area contributed by atoms with E-state index in [4.69, 9.17) is 4.74 Å². The number of ether oxygens (including phenoxy) is 1. The molecule has 2 heterocycles. The fourth-order valence-electron chi connectivity index (χ4n) is 3.85. The van der Waals surface area contributed by atoms with E-state index < -0.39 is 22.4 Å². The smallest absolute Gasteiger partial charge is 0.439 e. The fourth-order valence-corrected chi connectivity index (χ4v) is 3.85. The van der Waals surface area contributed by atoms with E-state index in [9.17, 15) is 19.2 Å². The molecule has 198 valence electrons. The molecule has 10 nitrogen and oxygen atoms in total. The molecule has 4 rings (SSSR count). The van der Waals surface area contributed by atoms with E-state index in [2.05, 4.69) is 14.7 Å². The Hall–Kier alpha value is -4.47. The molecule has 0 fully saturated rings. The third kappa shape index (κ3) is 5.74. The molecular weight excluding hydrogens is 488 g/mol. The monoisotopic (exact) mass is 518 g/mol. The molecular formula is C28H30N4O6. The first kappa shape index (κ1) is 26.6. The van der Waals surface area contributed by atoms with Crippen LogP contribution in [0.5, 0.6) is 5.88 Å². The molecule has 2 aromatic carbocycles. The van der Waals surface area contributed by atoms with Gasteiger partial charge in [-0.15, -0.1) is 0 Å². The van der Waals surface area contributed by atoms with E-state index in [0.29, 0.717) is 24.4 Å². The third-order valence-electron chi connectivity index (χ3n) is 6.06. The van der Waals surface area contributed by atoms with Crippen LogP contribution in [0.25, 0.3) is 22.5 Å². The van der Waals surface area contributed by atoms with Crippen LogP contribution in [0.15, 0.2) is 73.5 Å². The second kappa shape index (κ2) is 10.9. The zero-order valence-corrected chi connectivity index (χ0v) is 21.8. The van der Waals surface area contributed by atoms with Crippen LogP contribution in [-0.4, -0.2) is 31.7 Å². The summed E-state index contributed by atoms with van der Waals surface area (Å²) in [6.07, 6.45) is 0.699. The summed E-state index contributed by atoms with van der Waals surface area (Å²) in [4.78, 5) is 52.7. The van der Waals surface area contributed by atoms with Gasteiger partial charge in [-0.1, -0.05) is 81.4 Å². The topological polar surface area (TPSA) is 129 Å². The molecule has 0 amide bonds. The highest BCUT2D eigenvalue weighted by molar-refractivity contribution is 5.83. The predicted octanol–water partition coefficient (Wildman–Crippen LogP) is 3.47. The largest absolute Gasteiger partial charge is 0.479 e. The summed E-state index contributed by atoms with van der Waals surface area (Å²) in [5.74, 6) is -0.374. The number of carbonyl (C=O) groups excluding carboxylic acids is 1. The van der Waals surface area contributed by atoms with Crippen molar-refractivity contribution in [2.45, 2.75) is 47.2 Å². The van der Waals surface area contributed by atoms with Gasteiger partial charge in [-0.05, 0) is 23.1 Å². The van der Waals surface area contributed by atoms with Crippen molar-refractivity contribution in [3.05, 3.63) is 91.5 Å². The Kier molecular flexibility index (Phi) is 7.61. The molecule has 4 aromatic rings. The van der Waals surface area contributed by atoms with Crippen LogP contribution in [0.1, 0.15) is 39.7 Å². The maximum absolute atomic E-state index is 13.4.